The Morgan fingerprint density at radius 2 is 1.77 bits per heavy atom. The van der Waals surface area contributed by atoms with E-state index in [9.17, 15) is 26.4 Å². The molecule has 2 aromatic carbocycles. The first-order valence-corrected chi connectivity index (χ1v) is 9.22. The van der Waals surface area contributed by atoms with E-state index in [1.165, 1.54) is 23.1 Å². The summed E-state index contributed by atoms with van der Waals surface area (Å²) in [4.78, 5) is 13.0. The van der Waals surface area contributed by atoms with Gasteiger partial charge in [0.15, 0.2) is 0 Å². The summed E-state index contributed by atoms with van der Waals surface area (Å²) in [7, 11) is -4.42. The van der Waals surface area contributed by atoms with Crippen molar-refractivity contribution in [3.05, 3.63) is 59.4 Å². The zero-order valence-electron chi connectivity index (χ0n) is 13.7. The molecule has 0 aliphatic carbocycles. The minimum absolute atomic E-state index is 0.144. The topological polar surface area (TPSA) is 66.5 Å². The van der Waals surface area contributed by atoms with Crippen molar-refractivity contribution in [3.63, 3.8) is 0 Å². The van der Waals surface area contributed by atoms with Crippen LogP contribution in [0.5, 0.6) is 0 Å². The Kier molecular flexibility index (Phi) is 4.76. The molecule has 1 saturated heterocycles. The number of sulfonamides is 1. The number of carbonyl (C=O) groups is 1. The van der Waals surface area contributed by atoms with Crippen molar-refractivity contribution < 1.29 is 26.4 Å². The second-order valence-corrected chi connectivity index (χ2v) is 7.64. The molecule has 1 atom stereocenters. The number of nitrogens with one attached hydrogen (secondary N) is 1. The third-order valence-corrected chi connectivity index (χ3v) is 5.63. The number of aryl methyl sites for hydroxylation is 1. The monoisotopic (exact) mass is 384 g/mol. The molecule has 1 amide bonds. The summed E-state index contributed by atoms with van der Waals surface area (Å²) < 4.78 is 67.1. The number of halogens is 3. The lowest BCUT2D eigenvalue weighted by Crippen LogP contribution is -2.41. The van der Waals surface area contributed by atoms with Crippen molar-refractivity contribution >= 4 is 21.6 Å². The fraction of sp³-hybridized carbons (Fsp3) is 0.235. The SMILES string of the molecule is Cc1cc(N2CCC(NS(=O)(=O)c3cc(F)ccc3F)C2=O)ccc1F. The number of anilines is 1. The molecule has 5 nitrogen and oxygen atoms in total. The van der Waals surface area contributed by atoms with Gasteiger partial charge in [-0.2, -0.15) is 4.72 Å². The van der Waals surface area contributed by atoms with Gasteiger partial charge in [-0.25, -0.2) is 21.6 Å². The van der Waals surface area contributed by atoms with Gasteiger partial charge >= 0.3 is 0 Å². The van der Waals surface area contributed by atoms with E-state index in [1.807, 2.05) is 0 Å². The van der Waals surface area contributed by atoms with Gasteiger partial charge in [-0.3, -0.25) is 4.79 Å². The zero-order valence-corrected chi connectivity index (χ0v) is 14.5. The van der Waals surface area contributed by atoms with Crippen molar-refractivity contribution in [2.45, 2.75) is 24.3 Å². The van der Waals surface area contributed by atoms with E-state index < -0.39 is 44.3 Å². The van der Waals surface area contributed by atoms with Crippen LogP contribution in [0.1, 0.15) is 12.0 Å². The summed E-state index contributed by atoms with van der Waals surface area (Å²) in [5.74, 6) is -2.99. The molecule has 1 heterocycles. The number of hydrogen-bond donors (Lipinski definition) is 1. The molecule has 138 valence electrons. The van der Waals surface area contributed by atoms with Gasteiger partial charge in [0.2, 0.25) is 15.9 Å². The van der Waals surface area contributed by atoms with Crippen LogP contribution in [0.2, 0.25) is 0 Å². The van der Waals surface area contributed by atoms with E-state index >= 15 is 0 Å². The molecule has 0 aromatic heterocycles. The average molecular weight is 384 g/mol. The van der Waals surface area contributed by atoms with Crippen LogP contribution in [-0.4, -0.2) is 26.9 Å². The highest BCUT2D eigenvalue weighted by molar-refractivity contribution is 7.89. The van der Waals surface area contributed by atoms with Gasteiger partial charge in [-0.1, -0.05) is 0 Å². The number of hydrogen-bond acceptors (Lipinski definition) is 3. The third kappa shape index (κ3) is 3.45. The number of amides is 1. The van der Waals surface area contributed by atoms with Crippen LogP contribution >= 0.6 is 0 Å². The number of benzene rings is 2. The fourth-order valence-electron chi connectivity index (χ4n) is 2.78. The molecule has 1 unspecified atom stereocenters. The maximum atomic E-state index is 13.7. The van der Waals surface area contributed by atoms with Gasteiger partial charge < -0.3 is 4.90 Å². The fourth-order valence-corrected chi connectivity index (χ4v) is 4.09. The Balaban J connectivity index is 1.82. The van der Waals surface area contributed by atoms with Gasteiger partial charge in [0.25, 0.3) is 0 Å². The standard InChI is InChI=1S/C17H15F3N2O3S/c1-10-8-12(3-5-13(10)19)22-7-6-15(17(22)23)21-26(24,25)16-9-11(18)2-4-14(16)20/h2-5,8-9,15,21H,6-7H2,1H3. The van der Waals surface area contributed by atoms with E-state index in [2.05, 4.69) is 4.72 Å². The van der Waals surface area contributed by atoms with Crippen LogP contribution in [0.3, 0.4) is 0 Å². The molecule has 9 heteroatoms. The number of rotatable bonds is 4. The number of nitrogens with zero attached hydrogens (tertiary/aromatic N) is 1. The van der Waals surface area contributed by atoms with Crippen molar-refractivity contribution in [1.82, 2.24) is 4.72 Å². The lowest BCUT2D eigenvalue weighted by Gasteiger charge is -2.18. The van der Waals surface area contributed by atoms with Gasteiger partial charge in [0.05, 0.1) is 0 Å². The molecule has 0 spiro atoms. The second kappa shape index (κ2) is 6.73. The van der Waals surface area contributed by atoms with Crippen molar-refractivity contribution in [1.29, 1.82) is 0 Å². The summed E-state index contributed by atoms with van der Waals surface area (Å²) in [6, 6.07) is 5.06. The van der Waals surface area contributed by atoms with E-state index in [1.54, 1.807) is 6.92 Å². The summed E-state index contributed by atoms with van der Waals surface area (Å²) >= 11 is 0. The highest BCUT2D eigenvalue weighted by atomic mass is 32.2. The predicted molar refractivity (Wildman–Crippen MR) is 88.6 cm³/mol. The van der Waals surface area contributed by atoms with Crippen LogP contribution in [0, 0.1) is 24.4 Å². The molecule has 2 aromatic rings. The highest BCUT2D eigenvalue weighted by Gasteiger charge is 2.36. The van der Waals surface area contributed by atoms with Crippen LogP contribution in [0.25, 0.3) is 0 Å². The van der Waals surface area contributed by atoms with Crippen LogP contribution < -0.4 is 9.62 Å². The van der Waals surface area contributed by atoms with Crippen molar-refractivity contribution in [2.75, 3.05) is 11.4 Å². The summed E-state index contributed by atoms with van der Waals surface area (Å²) in [5.41, 5.74) is 0.786. The summed E-state index contributed by atoms with van der Waals surface area (Å²) in [6.45, 7) is 1.76. The maximum absolute atomic E-state index is 13.7. The molecule has 1 N–H and O–H groups in total. The molecule has 3 rings (SSSR count). The Morgan fingerprint density at radius 1 is 1.08 bits per heavy atom. The van der Waals surface area contributed by atoms with Crippen LogP contribution in [0.4, 0.5) is 18.9 Å². The van der Waals surface area contributed by atoms with Crippen molar-refractivity contribution in [2.24, 2.45) is 0 Å². The van der Waals surface area contributed by atoms with E-state index in [0.29, 0.717) is 23.4 Å². The third-order valence-electron chi connectivity index (χ3n) is 4.14. The van der Waals surface area contributed by atoms with E-state index in [4.69, 9.17) is 0 Å². The summed E-state index contributed by atoms with van der Waals surface area (Å²) in [6.07, 6.45) is 0.144. The predicted octanol–water partition coefficient (Wildman–Crippen LogP) is 2.50. The molecule has 1 aliphatic rings. The minimum Gasteiger partial charge on any atom is -0.311 e. The first-order chi connectivity index (χ1) is 12.2. The Labute approximate surface area is 148 Å². The maximum Gasteiger partial charge on any atom is 0.245 e. The molecule has 1 aliphatic heterocycles. The Hall–Kier alpha value is -2.39. The van der Waals surface area contributed by atoms with Gasteiger partial charge in [0, 0.05) is 12.2 Å². The normalized spacial score (nSPS) is 17.8. The summed E-state index contributed by atoms with van der Waals surface area (Å²) in [5, 5.41) is 0. The molecule has 0 radical (unpaired) electrons. The lowest BCUT2D eigenvalue weighted by atomic mass is 10.2. The van der Waals surface area contributed by atoms with E-state index in [-0.39, 0.29) is 13.0 Å². The van der Waals surface area contributed by atoms with Crippen LogP contribution in [-0.2, 0) is 14.8 Å². The first-order valence-electron chi connectivity index (χ1n) is 7.74. The average Bonchev–Trinajstić information content (AvgIpc) is 2.92. The minimum atomic E-state index is -4.42. The van der Waals surface area contributed by atoms with Gasteiger partial charge in [0.1, 0.15) is 28.4 Å². The molecule has 0 saturated carbocycles. The first kappa shape index (κ1) is 18.4. The Bertz CT molecular complexity index is 979. The molecule has 1 fully saturated rings. The lowest BCUT2D eigenvalue weighted by molar-refractivity contribution is -0.118. The molecular weight excluding hydrogens is 369 g/mol. The largest absolute Gasteiger partial charge is 0.311 e. The second-order valence-electron chi connectivity index (χ2n) is 5.96. The van der Waals surface area contributed by atoms with Crippen LogP contribution in [0.15, 0.2) is 41.3 Å². The molecule has 0 bridgehead atoms. The van der Waals surface area contributed by atoms with Crippen molar-refractivity contribution in [3.8, 4) is 0 Å². The molecule has 26 heavy (non-hydrogen) atoms. The smallest absolute Gasteiger partial charge is 0.245 e. The van der Waals surface area contributed by atoms with E-state index in [0.717, 1.165) is 6.07 Å². The van der Waals surface area contributed by atoms with Gasteiger partial charge in [-0.05, 0) is 55.3 Å². The highest BCUT2D eigenvalue weighted by Crippen LogP contribution is 2.25. The zero-order chi connectivity index (χ0) is 19.1. The molecular formula is C17H15F3N2O3S. The number of carbonyl (C=O) groups excluding carboxylic acids is 1. The Morgan fingerprint density at radius 3 is 2.46 bits per heavy atom. The van der Waals surface area contributed by atoms with Gasteiger partial charge in [-0.15, -0.1) is 0 Å². The quantitative estimate of drug-likeness (QED) is 0.881.